The average Bonchev–Trinajstić information content (AvgIpc) is 2.74. The van der Waals surface area contributed by atoms with Crippen LogP contribution in [0.1, 0.15) is 43.7 Å². The van der Waals surface area contributed by atoms with Gasteiger partial charge >= 0.3 is 0 Å². The van der Waals surface area contributed by atoms with Crippen molar-refractivity contribution in [3.8, 4) is 0 Å². The van der Waals surface area contributed by atoms with Gasteiger partial charge < -0.3 is 0 Å². The fraction of sp³-hybridized carbons (Fsp3) is 0.625. The quantitative estimate of drug-likeness (QED) is 0.878. The van der Waals surface area contributed by atoms with Crippen LogP contribution in [0.25, 0.3) is 0 Å². The summed E-state index contributed by atoms with van der Waals surface area (Å²) in [5, 5.41) is 0. The maximum atomic E-state index is 11.5. The van der Waals surface area contributed by atoms with E-state index in [0.717, 1.165) is 12.1 Å². The monoisotopic (exact) mass is 310 g/mol. The molecule has 1 aliphatic heterocycles. The number of hydrogen-bond donors (Lipinski definition) is 1. The van der Waals surface area contributed by atoms with Gasteiger partial charge in [0.05, 0.1) is 5.75 Å². The molecule has 1 fully saturated rings. The highest BCUT2D eigenvalue weighted by atomic mass is 32.2. The van der Waals surface area contributed by atoms with Crippen LogP contribution in [0.2, 0.25) is 0 Å². The smallest absolute Gasteiger partial charge is 0.211 e. The minimum Gasteiger partial charge on any atom is -0.299 e. The van der Waals surface area contributed by atoms with Crippen LogP contribution in [0.4, 0.5) is 0 Å². The molecule has 0 atom stereocenters. The Hall–Kier alpha value is -0.910. The SMILES string of the molecule is CCS(=O)(=O)NCc1cccc(CN2CCCCCC2)c1. The third kappa shape index (κ3) is 5.77. The number of nitrogens with zero attached hydrogens (tertiary/aromatic N) is 1. The molecule has 1 aromatic carbocycles. The Morgan fingerprint density at radius 3 is 2.43 bits per heavy atom. The summed E-state index contributed by atoms with van der Waals surface area (Å²) in [5.41, 5.74) is 2.30. The summed E-state index contributed by atoms with van der Waals surface area (Å²) >= 11 is 0. The molecule has 1 N–H and O–H groups in total. The van der Waals surface area contributed by atoms with E-state index in [-0.39, 0.29) is 5.75 Å². The maximum Gasteiger partial charge on any atom is 0.211 e. The van der Waals surface area contributed by atoms with Crippen LogP contribution in [-0.2, 0) is 23.1 Å². The van der Waals surface area contributed by atoms with Gasteiger partial charge in [-0.1, -0.05) is 37.1 Å². The molecule has 0 aliphatic carbocycles. The van der Waals surface area contributed by atoms with E-state index in [1.807, 2.05) is 12.1 Å². The molecule has 1 aliphatic rings. The van der Waals surface area contributed by atoms with Crippen LogP contribution in [0.5, 0.6) is 0 Å². The third-order valence-electron chi connectivity index (χ3n) is 3.97. The molecule has 0 saturated carbocycles. The molecule has 0 aromatic heterocycles. The highest BCUT2D eigenvalue weighted by Crippen LogP contribution is 2.14. The summed E-state index contributed by atoms with van der Waals surface area (Å²) in [7, 11) is -3.12. The summed E-state index contributed by atoms with van der Waals surface area (Å²) in [6.07, 6.45) is 5.26. The lowest BCUT2D eigenvalue weighted by atomic mass is 10.1. The molecule has 1 saturated heterocycles. The molecule has 0 unspecified atom stereocenters. The lowest BCUT2D eigenvalue weighted by molar-refractivity contribution is 0.277. The lowest BCUT2D eigenvalue weighted by Crippen LogP contribution is -2.25. The number of rotatable bonds is 6. The minimum absolute atomic E-state index is 0.125. The summed E-state index contributed by atoms with van der Waals surface area (Å²) in [6.45, 7) is 5.34. The van der Waals surface area contributed by atoms with Crippen molar-refractivity contribution in [3.63, 3.8) is 0 Å². The normalized spacial score (nSPS) is 17.6. The molecule has 5 heteroatoms. The Labute approximate surface area is 128 Å². The van der Waals surface area contributed by atoms with Crippen molar-refractivity contribution in [3.05, 3.63) is 35.4 Å². The Morgan fingerprint density at radius 1 is 1.10 bits per heavy atom. The van der Waals surface area contributed by atoms with Gasteiger partial charge in [-0.2, -0.15) is 0 Å². The van der Waals surface area contributed by atoms with Crippen molar-refractivity contribution in [1.82, 2.24) is 9.62 Å². The number of likely N-dealkylation sites (tertiary alicyclic amines) is 1. The fourth-order valence-electron chi connectivity index (χ4n) is 2.69. The van der Waals surface area contributed by atoms with E-state index >= 15 is 0 Å². The van der Waals surface area contributed by atoms with Gasteiger partial charge in [0.2, 0.25) is 10.0 Å². The second-order valence-electron chi connectivity index (χ2n) is 5.73. The van der Waals surface area contributed by atoms with Gasteiger partial charge in [0.15, 0.2) is 0 Å². The van der Waals surface area contributed by atoms with Gasteiger partial charge in [-0.3, -0.25) is 4.90 Å². The van der Waals surface area contributed by atoms with E-state index in [1.54, 1.807) is 6.92 Å². The Kier molecular flexibility index (Phi) is 6.21. The van der Waals surface area contributed by atoms with Gasteiger partial charge in [0, 0.05) is 13.1 Å². The standard InChI is InChI=1S/C16H26N2O2S/c1-2-21(19,20)17-13-15-8-7-9-16(12-15)14-18-10-5-3-4-6-11-18/h7-9,12,17H,2-6,10-11,13-14H2,1H3. The van der Waals surface area contributed by atoms with Gasteiger partial charge in [0.1, 0.15) is 0 Å². The lowest BCUT2D eigenvalue weighted by Gasteiger charge is -2.20. The van der Waals surface area contributed by atoms with Crippen LogP contribution in [0.15, 0.2) is 24.3 Å². The van der Waals surface area contributed by atoms with Crippen molar-refractivity contribution in [2.45, 2.75) is 45.7 Å². The maximum absolute atomic E-state index is 11.5. The molecule has 1 heterocycles. The predicted octanol–water partition coefficient (Wildman–Crippen LogP) is 2.50. The summed E-state index contributed by atoms with van der Waals surface area (Å²) in [4.78, 5) is 2.50. The van der Waals surface area contributed by atoms with E-state index in [2.05, 4.69) is 21.8 Å². The summed E-state index contributed by atoms with van der Waals surface area (Å²) < 4.78 is 25.6. The van der Waals surface area contributed by atoms with E-state index in [4.69, 9.17) is 0 Å². The average molecular weight is 310 g/mol. The highest BCUT2D eigenvalue weighted by molar-refractivity contribution is 7.89. The molecular weight excluding hydrogens is 284 g/mol. The summed E-state index contributed by atoms with van der Waals surface area (Å²) in [6, 6.07) is 8.23. The molecule has 0 bridgehead atoms. The third-order valence-corrected chi connectivity index (χ3v) is 5.32. The van der Waals surface area contributed by atoms with E-state index < -0.39 is 10.0 Å². The predicted molar refractivity (Wildman–Crippen MR) is 86.5 cm³/mol. The number of hydrogen-bond acceptors (Lipinski definition) is 3. The summed E-state index contributed by atoms with van der Waals surface area (Å²) in [5.74, 6) is 0.125. The fourth-order valence-corrected chi connectivity index (χ4v) is 3.28. The number of benzene rings is 1. The Bertz CT molecular complexity index is 535. The second-order valence-corrected chi connectivity index (χ2v) is 7.83. The number of nitrogens with one attached hydrogen (secondary N) is 1. The van der Waals surface area contributed by atoms with Crippen molar-refractivity contribution in [2.75, 3.05) is 18.8 Å². The van der Waals surface area contributed by atoms with Gasteiger partial charge in [-0.25, -0.2) is 13.1 Å². The molecule has 118 valence electrons. The van der Waals surface area contributed by atoms with Gasteiger partial charge in [0.25, 0.3) is 0 Å². The zero-order valence-electron chi connectivity index (χ0n) is 12.8. The van der Waals surface area contributed by atoms with Crippen LogP contribution >= 0.6 is 0 Å². The molecule has 4 nitrogen and oxygen atoms in total. The first-order valence-electron chi connectivity index (χ1n) is 7.86. The van der Waals surface area contributed by atoms with E-state index in [1.165, 1.54) is 44.3 Å². The van der Waals surface area contributed by atoms with Crippen LogP contribution in [0.3, 0.4) is 0 Å². The minimum atomic E-state index is -3.12. The van der Waals surface area contributed by atoms with Crippen molar-refractivity contribution >= 4 is 10.0 Å². The highest BCUT2D eigenvalue weighted by Gasteiger charge is 2.10. The molecule has 21 heavy (non-hydrogen) atoms. The van der Waals surface area contributed by atoms with Crippen molar-refractivity contribution in [2.24, 2.45) is 0 Å². The van der Waals surface area contributed by atoms with Crippen LogP contribution in [-0.4, -0.2) is 32.2 Å². The zero-order valence-corrected chi connectivity index (χ0v) is 13.7. The number of sulfonamides is 1. The van der Waals surface area contributed by atoms with E-state index in [0.29, 0.717) is 6.54 Å². The molecule has 0 spiro atoms. The van der Waals surface area contributed by atoms with Crippen molar-refractivity contribution in [1.29, 1.82) is 0 Å². The van der Waals surface area contributed by atoms with Crippen LogP contribution in [0, 0.1) is 0 Å². The van der Waals surface area contributed by atoms with Crippen LogP contribution < -0.4 is 4.72 Å². The van der Waals surface area contributed by atoms with Gasteiger partial charge in [-0.05, 0) is 44.0 Å². The first-order valence-corrected chi connectivity index (χ1v) is 9.52. The molecule has 0 radical (unpaired) electrons. The second kappa shape index (κ2) is 7.92. The Balaban J connectivity index is 1.93. The topological polar surface area (TPSA) is 49.4 Å². The van der Waals surface area contributed by atoms with Crippen molar-refractivity contribution < 1.29 is 8.42 Å². The Morgan fingerprint density at radius 2 is 1.76 bits per heavy atom. The first kappa shape index (κ1) is 16.5. The first-order chi connectivity index (χ1) is 10.1. The van der Waals surface area contributed by atoms with Gasteiger partial charge in [-0.15, -0.1) is 0 Å². The molecule has 0 amide bonds. The molecule has 2 rings (SSSR count). The van der Waals surface area contributed by atoms with E-state index in [9.17, 15) is 8.42 Å². The zero-order chi connectivity index (χ0) is 15.1. The molecule has 1 aromatic rings. The largest absolute Gasteiger partial charge is 0.299 e. The molecular formula is C16H26N2O2S.